The molecule has 1 aliphatic heterocycles. The molecule has 2 aromatic rings. The van der Waals surface area contributed by atoms with Crippen LogP contribution in [0, 0.1) is 0 Å². The minimum absolute atomic E-state index is 0.154. The van der Waals surface area contributed by atoms with Crippen molar-refractivity contribution >= 4 is 22.4 Å². The van der Waals surface area contributed by atoms with Crippen LogP contribution in [0.25, 0.3) is 0 Å². The van der Waals surface area contributed by atoms with E-state index < -0.39 is 6.10 Å². The van der Waals surface area contributed by atoms with E-state index >= 15 is 0 Å². The Bertz CT molecular complexity index is 674. The van der Waals surface area contributed by atoms with Crippen LogP contribution in [-0.4, -0.2) is 46.8 Å². The lowest BCUT2D eigenvalue weighted by Gasteiger charge is -2.31. The van der Waals surface area contributed by atoms with E-state index in [1.54, 1.807) is 0 Å². The average molecular weight is 346 g/mol. The van der Waals surface area contributed by atoms with Crippen molar-refractivity contribution in [2.75, 3.05) is 25.0 Å². The first-order valence-electron chi connectivity index (χ1n) is 8.14. The minimum Gasteiger partial charge on any atom is -0.366 e. The Morgan fingerprint density at radius 2 is 2.17 bits per heavy atom. The number of nitrogens with one attached hydrogen (secondary N) is 1. The van der Waals surface area contributed by atoms with E-state index in [0.29, 0.717) is 24.2 Å². The molecule has 0 saturated carbocycles. The number of amides is 1. The summed E-state index contributed by atoms with van der Waals surface area (Å²) < 4.78 is 5.64. The van der Waals surface area contributed by atoms with E-state index in [4.69, 9.17) is 4.74 Å². The number of nitrogens with zero attached hydrogens (tertiary/aromatic N) is 3. The molecule has 24 heavy (non-hydrogen) atoms. The van der Waals surface area contributed by atoms with Gasteiger partial charge < -0.3 is 4.74 Å². The zero-order valence-electron chi connectivity index (χ0n) is 13.9. The molecular formula is C17H22N4O2S. The molecule has 1 saturated heterocycles. The number of anilines is 1. The fourth-order valence-corrected chi connectivity index (χ4v) is 3.30. The first-order chi connectivity index (χ1) is 11.6. The summed E-state index contributed by atoms with van der Waals surface area (Å²) in [5, 5.41) is 12.4. The van der Waals surface area contributed by atoms with Gasteiger partial charge in [-0.1, -0.05) is 55.5 Å². The smallest absolute Gasteiger partial charge is 0.256 e. The van der Waals surface area contributed by atoms with Gasteiger partial charge in [0.15, 0.2) is 0 Å². The number of hydrogen-bond acceptors (Lipinski definition) is 6. The van der Waals surface area contributed by atoms with Crippen molar-refractivity contribution in [3.05, 3.63) is 40.9 Å². The molecule has 7 heteroatoms. The van der Waals surface area contributed by atoms with Crippen LogP contribution in [0.4, 0.5) is 5.13 Å². The fraction of sp³-hybridized carbons (Fsp3) is 0.471. The SMILES string of the molecule is CC(C)c1nnc(NC(=O)C2CN(Cc3ccccc3)CCO2)s1. The second kappa shape index (κ2) is 7.83. The molecule has 0 bridgehead atoms. The summed E-state index contributed by atoms with van der Waals surface area (Å²) in [7, 11) is 0. The van der Waals surface area contributed by atoms with Gasteiger partial charge in [0.25, 0.3) is 5.91 Å². The Balaban J connectivity index is 1.56. The highest BCUT2D eigenvalue weighted by atomic mass is 32.1. The zero-order valence-corrected chi connectivity index (χ0v) is 14.8. The molecule has 128 valence electrons. The molecular weight excluding hydrogens is 324 g/mol. The van der Waals surface area contributed by atoms with Gasteiger partial charge in [-0.15, -0.1) is 10.2 Å². The predicted molar refractivity (Wildman–Crippen MR) is 94.1 cm³/mol. The van der Waals surface area contributed by atoms with Crippen molar-refractivity contribution in [2.45, 2.75) is 32.4 Å². The van der Waals surface area contributed by atoms with E-state index in [0.717, 1.165) is 18.1 Å². The first-order valence-corrected chi connectivity index (χ1v) is 8.95. The highest BCUT2D eigenvalue weighted by Crippen LogP contribution is 2.23. The predicted octanol–water partition coefficient (Wildman–Crippen LogP) is 2.50. The largest absolute Gasteiger partial charge is 0.366 e. The van der Waals surface area contributed by atoms with Gasteiger partial charge in [-0.05, 0) is 5.56 Å². The van der Waals surface area contributed by atoms with Crippen molar-refractivity contribution in [1.29, 1.82) is 0 Å². The molecule has 1 aliphatic rings. The molecule has 0 aliphatic carbocycles. The van der Waals surface area contributed by atoms with Crippen LogP contribution >= 0.6 is 11.3 Å². The summed E-state index contributed by atoms with van der Waals surface area (Å²) in [6, 6.07) is 10.3. The standard InChI is InChI=1S/C17H22N4O2S/c1-12(2)16-19-20-17(24-16)18-15(22)14-11-21(8-9-23-14)10-13-6-4-3-5-7-13/h3-7,12,14H,8-11H2,1-2H3,(H,18,20,22). The van der Waals surface area contributed by atoms with Gasteiger partial charge in [0.1, 0.15) is 11.1 Å². The lowest BCUT2D eigenvalue weighted by atomic mass is 10.2. The maximum atomic E-state index is 12.4. The van der Waals surface area contributed by atoms with E-state index in [9.17, 15) is 4.79 Å². The van der Waals surface area contributed by atoms with Crippen molar-refractivity contribution < 1.29 is 9.53 Å². The molecule has 1 aromatic carbocycles. The number of carbonyl (C=O) groups is 1. The Morgan fingerprint density at radius 1 is 1.38 bits per heavy atom. The van der Waals surface area contributed by atoms with E-state index in [2.05, 4.69) is 46.4 Å². The van der Waals surface area contributed by atoms with Gasteiger partial charge in [0.2, 0.25) is 5.13 Å². The third-order valence-electron chi connectivity index (χ3n) is 3.86. The lowest BCUT2D eigenvalue weighted by molar-refractivity contribution is -0.133. The number of ether oxygens (including phenoxy) is 1. The van der Waals surface area contributed by atoms with E-state index in [1.165, 1.54) is 16.9 Å². The van der Waals surface area contributed by atoms with Crippen molar-refractivity contribution in [3.8, 4) is 0 Å². The molecule has 1 fully saturated rings. The van der Waals surface area contributed by atoms with Crippen molar-refractivity contribution in [3.63, 3.8) is 0 Å². The van der Waals surface area contributed by atoms with Crippen LogP contribution in [0.15, 0.2) is 30.3 Å². The van der Waals surface area contributed by atoms with Crippen molar-refractivity contribution in [1.82, 2.24) is 15.1 Å². The Hall–Kier alpha value is -1.83. The molecule has 3 rings (SSSR count). The number of rotatable bonds is 5. The van der Waals surface area contributed by atoms with Gasteiger partial charge >= 0.3 is 0 Å². The highest BCUT2D eigenvalue weighted by Gasteiger charge is 2.27. The Labute approximate surface area is 145 Å². The second-order valence-electron chi connectivity index (χ2n) is 6.17. The second-order valence-corrected chi connectivity index (χ2v) is 7.18. The topological polar surface area (TPSA) is 67.4 Å². The molecule has 2 heterocycles. The Kier molecular flexibility index (Phi) is 5.55. The van der Waals surface area contributed by atoms with Crippen LogP contribution in [0.1, 0.15) is 30.3 Å². The van der Waals surface area contributed by atoms with Gasteiger partial charge in [-0.3, -0.25) is 15.0 Å². The molecule has 0 radical (unpaired) electrons. The minimum atomic E-state index is -0.478. The molecule has 1 aromatic heterocycles. The number of morpholine rings is 1. The summed E-state index contributed by atoms with van der Waals surface area (Å²) in [4.78, 5) is 14.7. The summed E-state index contributed by atoms with van der Waals surface area (Å²) in [6.45, 7) is 6.89. The van der Waals surface area contributed by atoms with E-state index in [1.807, 2.05) is 18.2 Å². The van der Waals surface area contributed by atoms with Gasteiger partial charge in [0, 0.05) is 25.6 Å². The highest BCUT2D eigenvalue weighted by molar-refractivity contribution is 7.15. The molecule has 0 spiro atoms. The number of hydrogen-bond donors (Lipinski definition) is 1. The fourth-order valence-electron chi connectivity index (χ4n) is 2.55. The molecule has 6 nitrogen and oxygen atoms in total. The quantitative estimate of drug-likeness (QED) is 0.901. The number of aromatic nitrogens is 2. The van der Waals surface area contributed by atoms with Crippen LogP contribution in [-0.2, 0) is 16.1 Å². The molecule has 1 amide bonds. The average Bonchev–Trinajstić information content (AvgIpc) is 3.05. The van der Waals surface area contributed by atoms with Gasteiger partial charge in [-0.25, -0.2) is 0 Å². The third-order valence-corrected chi connectivity index (χ3v) is 5.00. The maximum absolute atomic E-state index is 12.4. The summed E-state index contributed by atoms with van der Waals surface area (Å²) in [6.07, 6.45) is -0.478. The summed E-state index contributed by atoms with van der Waals surface area (Å²) >= 11 is 1.41. The summed E-state index contributed by atoms with van der Waals surface area (Å²) in [5.74, 6) is 0.152. The number of carbonyl (C=O) groups excluding carboxylic acids is 1. The van der Waals surface area contributed by atoms with Crippen LogP contribution in [0.3, 0.4) is 0 Å². The zero-order chi connectivity index (χ0) is 16.9. The lowest BCUT2D eigenvalue weighted by Crippen LogP contribution is -2.47. The Morgan fingerprint density at radius 3 is 2.88 bits per heavy atom. The number of benzene rings is 1. The molecule has 1 atom stereocenters. The van der Waals surface area contributed by atoms with Crippen molar-refractivity contribution in [2.24, 2.45) is 0 Å². The first kappa shape index (κ1) is 17.0. The third kappa shape index (κ3) is 4.37. The normalized spacial score (nSPS) is 18.7. The van der Waals surface area contributed by atoms with Gasteiger partial charge in [0.05, 0.1) is 6.61 Å². The maximum Gasteiger partial charge on any atom is 0.256 e. The van der Waals surface area contributed by atoms with Crippen LogP contribution < -0.4 is 5.32 Å². The summed E-state index contributed by atoms with van der Waals surface area (Å²) in [5.41, 5.74) is 1.24. The van der Waals surface area contributed by atoms with E-state index in [-0.39, 0.29) is 5.91 Å². The van der Waals surface area contributed by atoms with Gasteiger partial charge in [-0.2, -0.15) is 0 Å². The molecule has 1 N–H and O–H groups in total. The molecule has 1 unspecified atom stereocenters. The van der Waals surface area contributed by atoms with Crippen LogP contribution in [0.2, 0.25) is 0 Å². The monoisotopic (exact) mass is 346 g/mol. The van der Waals surface area contributed by atoms with Crippen LogP contribution in [0.5, 0.6) is 0 Å².